The molecule has 1 saturated carbocycles. The van der Waals surface area contributed by atoms with Crippen LogP contribution in [0.5, 0.6) is 0 Å². The SMILES string of the molecule is CSC1CCC(NCc2csc(Br)c2)C1. The van der Waals surface area contributed by atoms with Crippen molar-refractivity contribution in [3.05, 3.63) is 20.8 Å². The van der Waals surface area contributed by atoms with Crippen molar-refractivity contribution in [3.8, 4) is 0 Å². The lowest BCUT2D eigenvalue weighted by molar-refractivity contribution is 0.525. The van der Waals surface area contributed by atoms with Gasteiger partial charge in [-0.1, -0.05) is 0 Å². The Balaban J connectivity index is 1.75. The molecule has 1 nitrogen and oxygen atoms in total. The zero-order chi connectivity index (χ0) is 10.7. The maximum absolute atomic E-state index is 3.65. The van der Waals surface area contributed by atoms with E-state index in [2.05, 4.69) is 38.9 Å². The fraction of sp³-hybridized carbons (Fsp3) is 0.636. The Hall–Kier alpha value is 0.490. The van der Waals surface area contributed by atoms with Gasteiger partial charge in [0.2, 0.25) is 0 Å². The molecule has 0 bridgehead atoms. The van der Waals surface area contributed by atoms with Gasteiger partial charge in [0, 0.05) is 17.8 Å². The van der Waals surface area contributed by atoms with Crippen molar-refractivity contribution < 1.29 is 0 Å². The second-order valence-electron chi connectivity index (χ2n) is 4.01. The first kappa shape index (κ1) is 12.0. The Labute approximate surface area is 108 Å². The summed E-state index contributed by atoms with van der Waals surface area (Å²) >= 11 is 7.27. The van der Waals surface area contributed by atoms with Gasteiger partial charge in [0.25, 0.3) is 0 Å². The topological polar surface area (TPSA) is 12.0 Å². The highest BCUT2D eigenvalue weighted by atomic mass is 79.9. The Morgan fingerprint density at radius 1 is 1.60 bits per heavy atom. The average molecular weight is 306 g/mol. The molecule has 0 spiro atoms. The van der Waals surface area contributed by atoms with Gasteiger partial charge < -0.3 is 5.32 Å². The highest BCUT2D eigenvalue weighted by Gasteiger charge is 2.23. The van der Waals surface area contributed by atoms with Crippen LogP contribution in [0.15, 0.2) is 15.2 Å². The van der Waals surface area contributed by atoms with E-state index in [1.165, 1.54) is 28.6 Å². The fourth-order valence-electron chi connectivity index (χ4n) is 2.04. The zero-order valence-electron chi connectivity index (χ0n) is 8.83. The summed E-state index contributed by atoms with van der Waals surface area (Å²) in [5.74, 6) is 0. The standard InChI is InChI=1S/C11H16BrNS2/c1-14-10-3-2-9(5-10)13-6-8-4-11(12)15-7-8/h4,7,9-10,13H,2-3,5-6H2,1H3. The normalized spacial score (nSPS) is 26.0. The lowest BCUT2D eigenvalue weighted by Gasteiger charge is -2.11. The maximum atomic E-state index is 3.65. The van der Waals surface area contributed by atoms with E-state index in [4.69, 9.17) is 0 Å². The molecule has 2 atom stereocenters. The quantitative estimate of drug-likeness (QED) is 0.906. The van der Waals surface area contributed by atoms with E-state index in [0.29, 0.717) is 0 Å². The van der Waals surface area contributed by atoms with Crippen molar-refractivity contribution in [3.63, 3.8) is 0 Å². The van der Waals surface area contributed by atoms with Crippen molar-refractivity contribution in [2.24, 2.45) is 0 Å². The smallest absolute Gasteiger partial charge is 0.0701 e. The van der Waals surface area contributed by atoms with Gasteiger partial charge >= 0.3 is 0 Å². The molecule has 1 aromatic heterocycles. The van der Waals surface area contributed by atoms with E-state index < -0.39 is 0 Å². The summed E-state index contributed by atoms with van der Waals surface area (Å²) in [5, 5.41) is 6.75. The molecule has 84 valence electrons. The van der Waals surface area contributed by atoms with Gasteiger partial charge in [-0.25, -0.2) is 0 Å². The molecular weight excluding hydrogens is 290 g/mol. The molecule has 0 aliphatic heterocycles. The summed E-state index contributed by atoms with van der Waals surface area (Å²) in [4.78, 5) is 0. The molecule has 1 heterocycles. The van der Waals surface area contributed by atoms with Crippen LogP contribution in [0.25, 0.3) is 0 Å². The van der Waals surface area contributed by atoms with Gasteiger partial charge in [-0.2, -0.15) is 11.8 Å². The fourth-order valence-corrected chi connectivity index (χ4v) is 4.05. The molecule has 4 heteroatoms. The van der Waals surface area contributed by atoms with Crippen LogP contribution in [0.3, 0.4) is 0 Å². The van der Waals surface area contributed by atoms with Crippen LogP contribution >= 0.6 is 39.0 Å². The van der Waals surface area contributed by atoms with E-state index in [0.717, 1.165) is 17.8 Å². The van der Waals surface area contributed by atoms with E-state index in [-0.39, 0.29) is 0 Å². The molecule has 1 N–H and O–H groups in total. The second-order valence-corrected chi connectivity index (χ2v) is 7.44. The monoisotopic (exact) mass is 305 g/mol. The number of thiophene rings is 1. The van der Waals surface area contributed by atoms with Crippen LogP contribution in [0.1, 0.15) is 24.8 Å². The largest absolute Gasteiger partial charge is 0.310 e. The number of nitrogens with one attached hydrogen (secondary N) is 1. The Bertz CT molecular complexity index is 313. The lowest BCUT2D eigenvalue weighted by Crippen LogP contribution is -2.25. The minimum Gasteiger partial charge on any atom is -0.310 e. The highest BCUT2D eigenvalue weighted by molar-refractivity contribution is 9.11. The Morgan fingerprint density at radius 2 is 2.47 bits per heavy atom. The molecular formula is C11H16BrNS2. The lowest BCUT2D eigenvalue weighted by atomic mass is 10.2. The summed E-state index contributed by atoms with van der Waals surface area (Å²) in [5.41, 5.74) is 1.40. The zero-order valence-corrected chi connectivity index (χ0v) is 12.1. The van der Waals surface area contributed by atoms with Gasteiger partial charge in [0.15, 0.2) is 0 Å². The molecule has 1 aromatic rings. The molecule has 1 fully saturated rings. The van der Waals surface area contributed by atoms with Crippen molar-refractivity contribution in [2.75, 3.05) is 6.26 Å². The van der Waals surface area contributed by atoms with Crippen LogP contribution in [0.2, 0.25) is 0 Å². The van der Waals surface area contributed by atoms with Gasteiger partial charge in [-0.05, 0) is 58.5 Å². The van der Waals surface area contributed by atoms with Crippen LogP contribution in [-0.4, -0.2) is 17.5 Å². The molecule has 1 aliphatic rings. The molecule has 15 heavy (non-hydrogen) atoms. The van der Waals surface area contributed by atoms with Crippen molar-refractivity contribution in [1.29, 1.82) is 0 Å². The van der Waals surface area contributed by atoms with Gasteiger partial charge in [0.05, 0.1) is 3.79 Å². The summed E-state index contributed by atoms with van der Waals surface area (Å²) in [6.07, 6.45) is 6.29. The summed E-state index contributed by atoms with van der Waals surface area (Å²) < 4.78 is 1.23. The van der Waals surface area contributed by atoms with Gasteiger partial charge in [0.1, 0.15) is 0 Å². The third-order valence-electron chi connectivity index (χ3n) is 2.93. The summed E-state index contributed by atoms with van der Waals surface area (Å²) in [7, 11) is 0. The minimum absolute atomic E-state index is 0.737. The van der Waals surface area contributed by atoms with E-state index >= 15 is 0 Å². The van der Waals surface area contributed by atoms with E-state index in [9.17, 15) is 0 Å². The maximum Gasteiger partial charge on any atom is 0.0701 e. The average Bonchev–Trinajstić information content (AvgIpc) is 2.83. The Kier molecular flexibility index (Phi) is 4.55. The minimum atomic E-state index is 0.737. The summed E-state index contributed by atoms with van der Waals surface area (Å²) in [6.45, 7) is 1.02. The Morgan fingerprint density at radius 3 is 3.07 bits per heavy atom. The van der Waals surface area contributed by atoms with Crippen molar-refractivity contribution in [2.45, 2.75) is 37.1 Å². The molecule has 1 aliphatic carbocycles. The third kappa shape index (κ3) is 3.48. The van der Waals surface area contributed by atoms with E-state index in [1.54, 1.807) is 11.3 Å². The molecule has 2 unspecified atom stereocenters. The summed E-state index contributed by atoms with van der Waals surface area (Å²) in [6, 6.07) is 2.94. The van der Waals surface area contributed by atoms with E-state index in [1.807, 2.05) is 11.8 Å². The molecule has 0 amide bonds. The molecule has 0 radical (unpaired) electrons. The van der Waals surface area contributed by atoms with Crippen LogP contribution in [-0.2, 0) is 6.54 Å². The van der Waals surface area contributed by atoms with Crippen LogP contribution in [0, 0.1) is 0 Å². The first-order valence-electron chi connectivity index (χ1n) is 5.27. The highest BCUT2D eigenvalue weighted by Crippen LogP contribution is 2.28. The van der Waals surface area contributed by atoms with Gasteiger partial charge in [-0.3, -0.25) is 0 Å². The van der Waals surface area contributed by atoms with Crippen LogP contribution < -0.4 is 5.32 Å². The predicted octanol–water partition coefficient (Wildman–Crippen LogP) is 3.88. The first-order chi connectivity index (χ1) is 7.28. The predicted molar refractivity (Wildman–Crippen MR) is 73.8 cm³/mol. The first-order valence-corrected chi connectivity index (χ1v) is 8.23. The number of rotatable bonds is 4. The number of hydrogen-bond donors (Lipinski definition) is 1. The van der Waals surface area contributed by atoms with Crippen molar-refractivity contribution >= 4 is 39.0 Å². The second kappa shape index (κ2) is 5.71. The number of thioether (sulfide) groups is 1. The van der Waals surface area contributed by atoms with Gasteiger partial charge in [-0.15, -0.1) is 11.3 Å². The number of hydrogen-bond acceptors (Lipinski definition) is 3. The molecule has 2 rings (SSSR count). The third-order valence-corrected chi connectivity index (χ3v) is 5.58. The van der Waals surface area contributed by atoms with Crippen LogP contribution in [0.4, 0.5) is 0 Å². The molecule has 0 aromatic carbocycles. The van der Waals surface area contributed by atoms with Crippen molar-refractivity contribution in [1.82, 2.24) is 5.32 Å². The molecule has 0 saturated heterocycles. The number of halogens is 1.